The van der Waals surface area contributed by atoms with E-state index >= 15 is 0 Å². The van der Waals surface area contributed by atoms with E-state index < -0.39 is 0 Å². The van der Waals surface area contributed by atoms with Crippen LogP contribution in [0.2, 0.25) is 10.0 Å². The van der Waals surface area contributed by atoms with Gasteiger partial charge in [0, 0.05) is 29.5 Å². The van der Waals surface area contributed by atoms with Crippen LogP contribution in [0.5, 0.6) is 0 Å². The lowest BCUT2D eigenvalue weighted by molar-refractivity contribution is 0.577. The molecule has 0 aliphatic rings. The van der Waals surface area contributed by atoms with Crippen LogP contribution in [-0.4, -0.2) is 16.1 Å². The smallest absolute Gasteiger partial charge is 0.130 e. The molecule has 0 fully saturated rings. The molecule has 0 spiro atoms. The highest BCUT2D eigenvalue weighted by atomic mass is 35.5. The first-order valence-electron chi connectivity index (χ1n) is 5.78. The summed E-state index contributed by atoms with van der Waals surface area (Å²) in [6, 6.07) is 5.55. The fourth-order valence-corrected chi connectivity index (χ4v) is 2.50. The van der Waals surface area contributed by atoms with E-state index in [0.717, 1.165) is 17.9 Å². The lowest BCUT2D eigenvalue weighted by Crippen LogP contribution is -2.24. The molecule has 0 saturated carbocycles. The summed E-state index contributed by atoms with van der Waals surface area (Å²) in [4.78, 5) is 4.38. The van der Waals surface area contributed by atoms with E-state index in [2.05, 4.69) is 17.2 Å². The molecule has 0 radical (unpaired) electrons. The van der Waals surface area contributed by atoms with Crippen LogP contribution in [0.4, 0.5) is 0 Å². The highest BCUT2D eigenvalue weighted by Gasteiger charge is 2.18. The molecule has 0 saturated heterocycles. The highest BCUT2D eigenvalue weighted by molar-refractivity contribution is 6.34. The number of benzene rings is 1. The summed E-state index contributed by atoms with van der Waals surface area (Å²) in [6.07, 6.45) is 3.71. The molecule has 0 bridgehead atoms. The molecule has 0 amide bonds. The summed E-state index contributed by atoms with van der Waals surface area (Å²) < 4.78 is 1.99. The van der Waals surface area contributed by atoms with Crippen molar-refractivity contribution in [1.82, 2.24) is 14.9 Å². The summed E-state index contributed by atoms with van der Waals surface area (Å²) in [7, 11) is 1.97. The Hall–Kier alpha value is -1.03. The Labute approximate surface area is 117 Å². The van der Waals surface area contributed by atoms with Crippen LogP contribution in [0.1, 0.15) is 24.4 Å². The van der Waals surface area contributed by atoms with Gasteiger partial charge in [-0.15, -0.1) is 0 Å². The second-order valence-electron chi connectivity index (χ2n) is 4.09. The number of rotatable bonds is 4. The first-order valence-corrected chi connectivity index (χ1v) is 6.54. The Kier molecular flexibility index (Phi) is 4.27. The van der Waals surface area contributed by atoms with Crippen molar-refractivity contribution in [2.24, 2.45) is 7.05 Å². The van der Waals surface area contributed by atoms with Crippen molar-refractivity contribution >= 4 is 23.2 Å². The Morgan fingerprint density at radius 3 is 2.44 bits per heavy atom. The highest BCUT2D eigenvalue weighted by Crippen LogP contribution is 2.26. The number of nitrogens with zero attached hydrogens (tertiary/aromatic N) is 2. The quantitative estimate of drug-likeness (QED) is 0.932. The molecule has 3 nitrogen and oxygen atoms in total. The van der Waals surface area contributed by atoms with Gasteiger partial charge >= 0.3 is 0 Å². The lowest BCUT2D eigenvalue weighted by atomic mass is 10.1. The zero-order valence-electron chi connectivity index (χ0n) is 10.3. The maximum absolute atomic E-state index is 6.06. The standard InChI is InChI=1S/C13H15Cl2N3/c1-3-16-12(13-17-4-5-18(13)2)9-6-10(14)8-11(15)7-9/h4-8,12,16H,3H2,1-2H3. The Morgan fingerprint density at radius 2 is 1.94 bits per heavy atom. The number of aromatic nitrogens is 2. The molecule has 1 aromatic heterocycles. The van der Waals surface area contributed by atoms with Crippen molar-refractivity contribution < 1.29 is 0 Å². The minimum absolute atomic E-state index is 0.00815. The van der Waals surface area contributed by atoms with Gasteiger partial charge in [-0.05, 0) is 30.3 Å². The zero-order chi connectivity index (χ0) is 13.1. The Morgan fingerprint density at radius 1 is 1.28 bits per heavy atom. The molecule has 1 unspecified atom stereocenters. The molecule has 96 valence electrons. The molecule has 5 heteroatoms. The predicted octanol–water partition coefficient (Wildman–Crippen LogP) is 3.43. The minimum Gasteiger partial charge on any atom is -0.336 e. The summed E-state index contributed by atoms with van der Waals surface area (Å²) in [5.41, 5.74) is 1.02. The summed E-state index contributed by atoms with van der Waals surface area (Å²) in [5.74, 6) is 0.940. The summed E-state index contributed by atoms with van der Waals surface area (Å²) >= 11 is 12.1. The number of hydrogen-bond acceptors (Lipinski definition) is 2. The van der Waals surface area contributed by atoms with Crippen molar-refractivity contribution in [3.05, 3.63) is 52.0 Å². The molecule has 1 aromatic carbocycles. The van der Waals surface area contributed by atoms with Crippen molar-refractivity contribution in [1.29, 1.82) is 0 Å². The normalized spacial score (nSPS) is 12.7. The molecule has 2 rings (SSSR count). The van der Waals surface area contributed by atoms with E-state index in [1.165, 1.54) is 0 Å². The van der Waals surface area contributed by atoms with E-state index in [1.54, 1.807) is 12.3 Å². The van der Waals surface area contributed by atoms with Gasteiger partial charge in [0.2, 0.25) is 0 Å². The molecule has 1 atom stereocenters. The average Bonchev–Trinajstić information content (AvgIpc) is 2.71. The van der Waals surface area contributed by atoms with Crippen LogP contribution >= 0.6 is 23.2 Å². The molecule has 0 aliphatic heterocycles. The number of nitrogens with one attached hydrogen (secondary N) is 1. The molecular weight excluding hydrogens is 269 g/mol. The predicted molar refractivity (Wildman–Crippen MR) is 75.2 cm³/mol. The fourth-order valence-electron chi connectivity index (χ4n) is 1.96. The van der Waals surface area contributed by atoms with Crippen molar-refractivity contribution in [2.75, 3.05) is 6.54 Å². The molecule has 0 aliphatic carbocycles. The van der Waals surface area contributed by atoms with Gasteiger partial charge in [-0.25, -0.2) is 4.98 Å². The van der Waals surface area contributed by atoms with E-state index in [0.29, 0.717) is 10.0 Å². The van der Waals surface area contributed by atoms with Crippen LogP contribution in [0.25, 0.3) is 0 Å². The topological polar surface area (TPSA) is 29.9 Å². The Balaban J connectivity index is 2.44. The second-order valence-corrected chi connectivity index (χ2v) is 4.96. The lowest BCUT2D eigenvalue weighted by Gasteiger charge is -2.18. The SMILES string of the molecule is CCNC(c1cc(Cl)cc(Cl)c1)c1nccn1C. The zero-order valence-corrected chi connectivity index (χ0v) is 11.8. The van der Waals surface area contributed by atoms with Gasteiger partial charge < -0.3 is 9.88 Å². The third kappa shape index (κ3) is 2.86. The minimum atomic E-state index is -0.00815. The van der Waals surface area contributed by atoms with Gasteiger partial charge in [0.05, 0.1) is 6.04 Å². The number of halogens is 2. The van der Waals surface area contributed by atoms with Gasteiger partial charge in [-0.1, -0.05) is 30.1 Å². The van der Waals surface area contributed by atoms with Crippen molar-refractivity contribution in [3.63, 3.8) is 0 Å². The first-order chi connectivity index (χ1) is 8.61. The molecule has 2 aromatic rings. The van der Waals surface area contributed by atoms with E-state index in [4.69, 9.17) is 23.2 Å². The van der Waals surface area contributed by atoms with Crippen LogP contribution < -0.4 is 5.32 Å². The largest absolute Gasteiger partial charge is 0.336 e. The van der Waals surface area contributed by atoms with Gasteiger partial charge in [0.25, 0.3) is 0 Å². The number of hydrogen-bond donors (Lipinski definition) is 1. The van der Waals surface area contributed by atoms with Gasteiger partial charge in [0.15, 0.2) is 0 Å². The molecular formula is C13H15Cl2N3. The number of aryl methyl sites for hydroxylation is 1. The van der Waals surface area contributed by atoms with Gasteiger partial charge in [0.1, 0.15) is 5.82 Å². The molecule has 1 heterocycles. The number of imidazole rings is 1. The second kappa shape index (κ2) is 5.74. The van der Waals surface area contributed by atoms with E-state index in [1.807, 2.05) is 29.9 Å². The fraction of sp³-hybridized carbons (Fsp3) is 0.308. The summed E-state index contributed by atoms with van der Waals surface area (Å²) in [6.45, 7) is 2.89. The van der Waals surface area contributed by atoms with Gasteiger partial charge in [-0.3, -0.25) is 0 Å². The Bertz CT molecular complexity index is 517. The third-order valence-corrected chi connectivity index (χ3v) is 3.18. The summed E-state index contributed by atoms with van der Waals surface area (Å²) in [5, 5.41) is 4.66. The van der Waals surface area contributed by atoms with Crippen LogP contribution in [-0.2, 0) is 7.05 Å². The monoisotopic (exact) mass is 283 g/mol. The molecule has 1 N–H and O–H groups in total. The van der Waals surface area contributed by atoms with E-state index in [9.17, 15) is 0 Å². The van der Waals surface area contributed by atoms with Crippen LogP contribution in [0, 0.1) is 0 Å². The molecule has 18 heavy (non-hydrogen) atoms. The van der Waals surface area contributed by atoms with Crippen molar-refractivity contribution in [3.8, 4) is 0 Å². The first kappa shape index (κ1) is 13.4. The maximum Gasteiger partial charge on any atom is 0.130 e. The maximum atomic E-state index is 6.06. The average molecular weight is 284 g/mol. The van der Waals surface area contributed by atoms with Gasteiger partial charge in [-0.2, -0.15) is 0 Å². The van der Waals surface area contributed by atoms with Crippen LogP contribution in [0.3, 0.4) is 0 Å². The third-order valence-electron chi connectivity index (χ3n) is 2.74. The van der Waals surface area contributed by atoms with Crippen LogP contribution in [0.15, 0.2) is 30.6 Å². The van der Waals surface area contributed by atoms with E-state index in [-0.39, 0.29) is 6.04 Å². The van der Waals surface area contributed by atoms with Crippen molar-refractivity contribution in [2.45, 2.75) is 13.0 Å².